The van der Waals surface area contributed by atoms with E-state index in [1.54, 1.807) is 19.2 Å². The molecule has 0 unspecified atom stereocenters. The summed E-state index contributed by atoms with van der Waals surface area (Å²) in [6.45, 7) is 4.52. The Balaban J connectivity index is 1.86. The van der Waals surface area contributed by atoms with Crippen LogP contribution in [0.2, 0.25) is 0 Å². The zero-order valence-corrected chi connectivity index (χ0v) is 18.2. The highest BCUT2D eigenvalue weighted by molar-refractivity contribution is 5.93. The summed E-state index contributed by atoms with van der Waals surface area (Å²) >= 11 is 0. The number of rotatable bonds is 8. The molecule has 0 aliphatic carbocycles. The Morgan fingerprint density at radius 2 is 1.74 bits per heavy atom. The van der Waals surface area contributed by atoms with Crippen LogP contribution >= 0.6 is 0 Å². The Morgan fingerprint density at radius 3 is 2.45 bits per heavy atom. The van der Waals surface area contributed by atoms with E-state index in [0.29, 0.717) is 23.5 Å². The number of hydrogen-bond acceptors (Lipinski definition) is 4. The number of carbonyl (C=O) groups is 2. The lowest BCUT2D eigenvalue weighted by Crippen LogP contribution is -2.36. The normalized spacial score (nSPS) is 11.0. The second kappa shape index (κ2) is 10.0. The van der Waals surface area contributed by atoms with Crippen LogP contribution in [-0.4, -0.2) is 35.0 Å². The number of amides is 2. The molecule has 0 bridgehead atoms. The number of fused-ring (bicyclic) bond motifs is 1. The lowest BCUT2D eigenvalue weighted by Gasteiger charge is -2.19. The molecule has 0 fully saturated rings. The molecular weight excluding hydrogens is 392 g/mol. The van der Waals surface area contributed by atoms with E-state index in [2.05, 4.69) is 10.3 Å². The smallest absolute Gasteiger partial charge is 0.273 e. The largest absolute Gasteiger partial charge is 0.356 e. The quantitative estimate of drug-likeness (QED) is 0.607. The van der Waals surface area contributed by atoms with Crippen LogP contribution in [0.5, 0.6) is 0 Å². The highest BCUT2D eigenvalue weighted by atomic mass is 16.2. The third kappa shape index (κ3) is 5.57. The lowest BCUT2D eigenvalue weighted by molar-refractivity contribution is -0.121. The maximum Gasteiger partial charge on any atom is 0.273 e. The maximum absolute atomic E-state index is 13.2. The molecule has 0 atom stereocenters. The molecule has 2 amide bonds. The molecule has 7 heteroatoms. The Hall–Kier alpha value is -3.48. The first-order valence-electron chi connectivity index (χ1n) is 10.4. The number of likely N-dealkylation sites (N-methyl/N-ethyl adjacent to an activating group) is 1. The van der Waals surface area contributed by atoms with Gasteiger partial charge in [-0.3, -0.25) is 19.0 Å². The number of hydrogen-bond donors (Lipinski definition) is 1. The molecule has 0 saturated heterocycles. The molecule has 1 aromatic heterocycles. The third-order valence-corrected chi connectivity index (χ3v) is 5.03. The highest BCUT2D eigenvalue weighted by Gasteiger charge is 2.17. The van der Waals surface area contributed by atoms with Crippen LogP contribution in [0, 0.1) is 5.92 Å². The molecule has 0 saturated carbocycles. The van der Waals surface area contributed by atoms with Gasteiger partial charge in [-0.25, -0.2) is 4.98 Å². The first-order chi connectivity index (χ1) is 14.9. The van der Waals surface area contributed by atoms with Gasteiger partial charge >= 0.3 is 0 Å². The van der Waals surface area contributed by atoms with Gasteiger partial charge in [0.15, 0.2) is 0 Å². The Kier molecular flexibility index (Phi) is 7.18. The van der Waals surface area contributed by atoms with Gasteiger partial charge in [-0.15, -0.1) is 0 Å². The Labute approximate surface area is 181 Å². The fraction of sp³-hybridized carbons (Fsp3) is 0.333. The summed E-state index contributed by atoms with van der Waals surface area (Å²) in [6.07, 6.45) is 0.390. The van der Waals surface area contributed by atoms with E-state index in [0.717, 1.165) is 5.69 Å². The zero-order valence-electron chi connectivity index (χ0n) is 18.2. The molecule has 0 aliphatic rings. The summed E-state index contributed by atoms with van der Waals surface area (Å²) in [5, 5.41) is 2.85. The number of anilines is 1. The minimum Gasteiger partial charge on any atom is -0.356 e. The van der Waals surface area contributed by atoms with Crippen molar-refractivity contribution in [2.24, 2.45) is 5.92 Å². The van der Waals surface area contributed by atoms with Gasteiger partial charge in [0.2, 0.25) is 11.8 Å². The Bertz CT molecular complexity index is 1120. The van der Waals surface area contributed by atoms with E-state index in [4.69, 9.17) is 0 Å². The first kappa shape index (κ1) is 22.2. The molecule has 162 valence electrons. The number of benzene rings is 2. The number of carbonyl (C=O) groups excluding carboxylic acids is 2. The summed E-state index contributed by atoms with van der Waals surface area (Å²) in [5.74, 6) is 0.0207. The topological polar surface area (TPSA) is 84.3 Å². The Morgan fingerprint density at radius 1 is 1.06 bits per heavy atom. The molecular formula is C24H28N4O3. The van der Waals surface area contributed by atoms with Gasteiger partial charge in [0, 0.05) is 32.1 Å². The number of aryl methyl sites for hydroxylation is 1. The van der Waals surface area contributed by atoms with E-state index in [9.17, 15) is 14.4 Å². The number of aromatic nitrogens is 2. The van der Waals surface area contributed by atoms with Gasteiger partial charge in [0.1, 0.15) is 12.2 Å². The lowest BCUT2D eigenvalue weighted by atomic mass is 10.2. The third-order valence-electron chi connectivity index (χ3n) is 5.03. The van der Waals surface area contributed by atoms with E-state index < -0.39 is 0 Å². The van der Waals surface area contributed by atoms with Crippen molar-refractivity contribution in [1.82, 2.24) is 14.9 Å². The van der Waals surface area contributed by atoms with E-state index in [1.165, 1.54) is 9.47 Å². The molecule has 0 aliphatic heterocycles. The van der Waals surface area contributed by atoms with Gasteiger partial charge in [0.25, 0.3) is 5.56 Å². The van der Waals surface area contributed by atoms with Gasteiger partial charge < -0.3 is 10.2 Å². The second-order valence-corrected chi connectivity index (χ2v) is 7.92. The van der Waals surface area contributed by atoms with Crippen LogP contribution in [0.1, 0.15) is 26.0 Å². The first-order valence-corrected chi connectivity index (χ1v) is 10.4. The average Bonchev–Trinajstić information content (AvgIpc) is 2.78. The molecule has 7 nitrogen and oxygen atoms in total. The van der Waals surface area contributed by atoms with Crippen LogP contribution in [0.3, 0.4) is 0 Å². The van der Waals surface area contributed by atoms with Gasteiger partial charge in [-0.05, 0) is 30.2 Å². The standard InChI is InChI=1S/C24H28N4O3/c1-17(2)15-25-22(29)14-13-20-24(31)28(21-12-8-7-11-19(21)26-20)16-23(30)27(3)18-9-5-4-6-10-18/h4-12,17H,13-16H2,1-3H3,(H,25,29). The molecule has 31 heavy (non-hydrogen) atoms. The average molecular weight is 421 g/mol. The van der Waals surface area contributed by atoms with Crippen molar-refractivity contribution in [3.05, 3.63) is 70.6 Å². The summed E-state index contributed by atoms with van der Waals surface area (Å²) in [4.78, 5) is 44.2. The monoisotopic (exact) mass is 420 g/mol. The molecule has 3 aromatic rings. The van der Waals surface area contributed by atoms with Gasteiger partial charge in [0.05, 0.1) is 11.0 Å². The van der Waals surface area contributed by atoms with Crippen LogP contribution in [-0.2, 0) is 22.6 Å². The van der Waals surface area contributed by atoms with Crippen LogP contribution in [0.15, 0.2) is 59.4 Å². The van der Waals surface area contributed by atoms with Crippen molar-refractivity contribution in [2.75, 3.05) is 18.5 Å². The van der Waals surface area contributed by atoms with Crippen molar-refractivity contribution in [2.45, 2.75) is 33.2 Å². The molecule has 0 spiro atoms. The van der Waals surface area contributed by atoms with Crippen molar-refractivity contribution in [1.29, 1.82) is 0 Å². The van der Waals surface area contributed by atoms with E-state index in [1.807, 2.05) is 56.3 Å². The minimum absolute atomic E-state index is 0.111. The predicted octanol–water partition coefficient (Wildman–Crippen LogP) is 2.76. The predicted molar refractivity (Wildman–Crippen MR) is 122 cm³/mol. The molecule has 2 aromatic carbocycles. The van der Waals surface area contributed by atoms with Crippen molar-refractivity contribution < 1.29 is 9.59 Å². The van der Waals surface area contributed by atoms with Crippen molar-refractivity contribution in [3.63, 3.8) is 0 Å². The van der Waals surface area contributed by atoms with E-state index in [-0.39, 0.29) is 42.5 Å². The fourth-order valence-corrected chi connectivity index (χ4v) is 3.24. The van der Waals surface area contributed by atoms with Crippen molar-refractivity contribution in [3.8, 4) is 0 Å². The van der Waals surface area contributed by atoms with E-state index >= 15 is 0 Å². The summed E-state index contributed by atoms with van der Waals surface area (Å²) < 4.78 is 1.45. The van der Waals surface area contributed by atoms with Gasteiger partial charge in [-0.2, -0.15) is 0 Å². The SMILES string of the molecule is CC(C)CNC(=O)CCc1nc2ccccc2n(CC(=O)N(C)c2ccccc2)c1=O. The molecule has 1 N–H and O–H groups in total. The summed E-state index contributed by atoms with van der Waals surface area (Å²) in [5.41, 5.74) is 1.91. The minimum atomic E-state index is -0.342. The zero-order chi connectivity index (χ0) is 22.4. The fourth-order valence-electron chi connectivity index (χ4n) is 3.24. The maximum atomic E-state index is 13.2. The van der Waals surface area contributed by atoms with Crippen LogP contribution in [0.25, 0.3) is 11.0 Å². The molecule has 1 heterocycles. The summed E-state index contributed by atoms with van der Waals surface area (Å²) in [6, 6.07) is 16.5. The number of nitrogens with one attached hydrogen (secondary N) is 1. The molecule has 0 radical (unpaired) electrons. The number of para-hydroxylation sites is 3. The second-order valence-electron chi connectivity index (χ2n) is 7.92. The van der Waals surface area contributed by atoms with Crippen LogP contribution < -0.4 is 15.8 Å². The molecule has 3 rings (SSSR count). The highest BCUT2D eigenvalue weighted by Crippen LogP contribution is 2.14. The number of nitrogens with zero attached hydrogens (tertiary/aromatic N) is 3. The van der Waals surface area contributed by atoms with Gasteiger partial charge in [-0.1, -0.05) is 44.2 Å². The summed E-state index contributed by atoms with van der Waals surface area (Å²) in [7, 11) is 1.69. The van der Waals surface area contributed by atoms with Crippen molar-refractivity contribution >= 4 is 28.5 Å². The van der Waals surface area contributed by atoms with Crippen LogP contribution in [0.4, 0.5) is 5.69 Å².